The maximum atomic E-state index is 11.4. The number of carboxylic acid groups (broad SMARTS) is 2. The topological polar surface area (TPSA) is 108 Å². The van der Waals surface area contributed by atoms with Gasteiger partial charge in [-0.05, 0) is 12.1 Å². The van der Waals surface area contributed by atoms with Gasteiger partial charge in [0.25, 0.3) is 0 Å². The van der Waals surface area contributed by atoms with Gasteiger partial charge >= 0.3 is 11.9 Å². The molecule has 1 aromatic rings. The number of amides is 1. The van der Waals surface area contributed by atoms with E-state index in [9.17, 15) is 14.4 Å². The summed E-state index contributed by atoms with van der Waals surface area (Å²) in [6.45, 7) is 1.05. The fourth-order valence-electron chi connectivity index (χ4n) is 1.31. The van der Waals surface area contributed by atoms with Crippen molar-refractivity contribution in [2.24, 2.45) is 0 Å². The molecule has 1 amide bonds. The molecule has 0 aliphatic rings. The summed E-state index contributed by atoms with van der Waals surface area (Å²) in [5.74, 6) is -4.16. The molecule has 0 aliphatic carbocycles. The van der Waals surface area contributed by atoms with Crippen molar-refractivity contribution in [3.63, 3.8) is 0 Å². The van der Waals surface area contributed by atoms with Crippen LogP contribution in [-0.2, 0) is 14.4 Å². The van der Waals surface area contributed by atoms with Crippen LogP contribution in [0, 0.1) is 0 Å². The number of carbonyl (C=O) groups is 3. The third kappa shape index (κ3) is 2.95. The molecule has 1 heterocycles. The van der Waals surface area contributed by atoms with E-state index in [0.29, 0.717) is 4.90 Å². The molecule has 96 valence electrons. The van der Waals surface area contributed by atoms with Gasteiger partial charge in [0.15, 0.2) is 0 Å². The van der Waals surface area contributed by atoms with Gasteiger partial charge in [0.1, 0.15) is 5.82 Å². The number of carbonyl (C=O) groups excluding carboxylic acids is 1. The first-order valence-corrected chi connectivity index (χ1v) is 5.09. The number of anilines is 1. The van der Waals surface area contributed by atoms with Crippen LogP contribution < -0.4 is 4.90 Å². The molecule has 0 aliphatic heterocycles. The van der Waals surface area contributed by atoms with Crippen molar-refractivity contribution in [2.75, 3.05) is 4.90 Å². The Morgan fingerprint density at radius 1 is 1.28 bits per heavy atom. The molecular weight excluding hydrogens is 264 g/mol. The van der Waals surface area contributed by atoms with E-state index in [1.807, 2.05) is 0 Å². The minimum atomic E-state index is -2.03. The van der Waals surface area contributed by atoms with Gasteiger partial charge in [0.2, 0.25) is 11.9 Å². The van der Waals surface area contributed by atoms with E-state index in [0.717, 1.165) is 6.92 Å². The monoisotopic (exact) mass is 272 g/mol. The Labute approximate surface area is 107 Å². The molecule has 0 spiro atoms. The third-order valence-corrected chi connectivity index (χ3v) is 2.25. The predicted molar refractivity (Wildman–Crippen MR) is 61.5 cm³/mol. The van der Waals surface area contributed by atoms with E-state index in [2.05, 4.69) is 4.98 Å². The summed E-state index contributed by atoms with van der Waals surface area (Å²) in [6, 6.07) is 0.611. The minimum absolute atomic E-state index is 0.0956. The summed E-state index contributed by atoms with van der Waals surface area (Å²) >= 11 is 5.60. The number of hydrogen-bond donors (Lipinski definition) is 2. The first-order valence-electron chi connectivity index (χ1n) is 4.71. The third-order valence-electron chi connectivity index (χ3n) is 2.02. The molecule has 0 radical (unpaired) electrons. The van der Waals surface area contributed by atoms with Crippen molar-refractivity contribution in [3.8, 4) is 0 Å². The second-order valence-corrected chi connectivity index (χ2v) is 3.74. The average Bonchev–Trinajstić information content (AvgIpc) is 2.25. The average molecular weight is 273 g/mol. The quantitative estimate of drug-likeness (QED) is 0.778. The van der Waals surface area contributed by atoms with Gasteiger partial charge < -0.3 is 10.2 Å². The van der Waals surface area contributed by atoms with Crippen molar-refractivity contribution in [2.45, 2.75) is 13.0 Å². The Morgan fingerprint density at radius 3 is 2.17 bits per heavy atom. The largest absolute Gasteiger partial charge is 0.479 e. The molecule has 7 nitrogen and oxygen atoms in total. The van der Waals surface area contributed by atoms with E-state index in [1.165, 1.54) is 18.3 Å². The van der Waals surface area contributed by atoms with E-state index in [-0.39, 0.29) is 10.8 Å². The number of rotatable bonds is 4. The zero-order chi connectivity index (χ0) is 13.9. The molecule has 18 heavy (non-hydrogen) atoms. The summed E-state index contributed by atoms with van der Waals surface area (Å²) in [7, 11) is 0. The second kappa shape index (κ2) is 5.46. The lowest BCUT2D eigenvalue weighted by molar-refractivity contribution is -0.151. The molecule has 8 heteroatoms. The highest BCUT2D eigenvalue weighted by atomic mass is 35.5. The molecular formula is C10H9ClN2O5. The van der Waals surface area contributed by atoms with Gasteiger partial charge in [0.05, 0.1) is 5.02 Å². The molecule has 0 unspecified atom stereocenters. The molecule has 2 N–H and O–H groups in total. The van der Waals surface area contributed by atoms with Crippen LogP contribution in [0.4, 0.5) is 5.82 Å². The van der Waals surface area contributed by atoms with Crippen LogP contribution in [0.5, 0.6) is 0 Å². The van der Waals surface area contributed by atoms with Crippen molar-refractivity contribution in [1.29, 1.82) is 0 Å². The van der Waals surface area contributed by atoms with Gasteiger partial charge in [-0.1, -0.05) is 11.6 Å². The maximum Gasteiger partial charge on any atom is 0.338 e. The Hall–Kier alpha value is -2.15. The fraction of sp³-hybridized carbons (Fsp3) is 0.200. The first-order chi connectivity index (χ1) is 8.34. The van der Waals surface area contributed by atoms with Gasteiger partial charge in [-0.3, -0.25) is 9.69 Å². The Balaban J connectivity index is 3.24. The minimum Gasteiger partial charge on any atom is -0.479 e. The molecule has 0 aromatic carbocycles. The molecule has 0 atom stereocenters. The highest BCUT2D eigenvalue weighted by Gasteiger charge is 2.36. The lowest BCUT2D eigenvalue weighted by atomic mass is 10.2. The Kier molecular flexibility index (Phi) is 4.22. The SMILES string of the molecule is CC(=O)N(c1ccc(Cl)cn1)C(C(=O)O)C(=O)O. The number of hydrogen-bond acceptors (Lipinski definition) is 4. The van der Waals surface area contributed by atoms with E-state index >= 15 is 0 Å². The van der Waals surface area contributed by atoms with Gasteiger partial charge in [-0.15, -0.1) is 0 Å². The zero-order valence-corrected chi connectivity index (χ0v) is 9.96. The summed E-state index contributed by atoms with van der Waals surface area (Å²) in [5.41, 5.74) is 0. The molecule has 0 bridgehead atoms. The van der Waals surface area contributed by atoms with Gasteiger partial charge in [-0.25, -0.2) is 14.6 Å². The first kappa shape index (κ1) is 13.9. The molecule has 0 saturated carbocycles. The van der Waals surface area contributed by atoms with Gasteiger partial charge in [-0.2, -0.15) is 0 Å². The highest BCUT2D eigenvalue weighted by Crippen LogP contribution is 2.17. The summed E-state index contributed by atoms with van der Waals surface area (Å²) < 4.78 is 0. The summed E-state index contributed by atoms with van der Waals surface area (Å²) in [5, 5.41) is 18.0. The van der Waals surface area contributed by atoms with Crippen LogP contribution in [0.25, 0.3) is 0 Å². The van der Waals surface area contributed by atoms with Crippen molar-refractivity contribution >= 4 is 35.3 Å². The van der Waals surface area contributed by atoms with E-state index < -0.39 is 23.9 Å². The summed E-state index contributed by atoms with van der Waals surface area (Å²) in [6.07, 6.45) is 1.19. The van der Waals surface area contributed by atoms with Gasteiger partial charge in [0, 0.05) is 13.1 Å². The summed E-state index contributed by atoms with van der Waals surface area (Å²) in [4.78, 5) is 37.5. The fourth-order valence-corrected chi connectivity index (χ4v) is 1.42. The lowest BCUT2D eigenvalue weighted by Gasteiger charge is -2.23. The van der Waals surface area contributed by atoms with Crippen LogP contribution in [0.15, 0.2) is 18.3 Å². The smallest absolute Gasteiger partial charge is 0.338 e. The number of halogens is 1. The number of nitrogens with zero attached hydrogens (tertiary/aromatic N) is 2. The van der Waals surface area contributed by atoms with Crippen LogP contribution in [0.2, 0.25) is 5.02 Å². The van der Waals surface area contributed by atoms with Crippen LogP contribution >= 0.6 is 11.6 Å². The van der Waals surface area contributed by atoms with E-state index in [4.69, 9.17) is 21.8 Å². The lowest BCUT2D eigenvalue weighted by Crippen LogP contribution is -2.49. The second-order valence-electron chi connectivity index (χ2n) is 3.30. The standard InChI is InChI=1S/C10H9ClN2O5/c1-5(14)13(8(9(15)16)10(17)18)7-3-2-6(11)4-12-7/h2-4,8H,1H3,(H,15,16)(H,17,18). The number of aromatic nitrogens is 1. The number of carboxylic acids is 2. The molecule has 0 fully saturated rings. The predicted octanol–water partition coefficient (Wildman–Crippen LogP) is 0.626. The molecule has 1 aromatic heterocycles. The maximum absolute atomic E-state index is 11.4. The highest BCUT2D eigenvalue weighted by molar-refractivity contribution is 6.30. The molecule has 0 saturated heterocycles. The zero-order valence-electron chi connectivity index (χ0n) is 9.20. The van der Waals surface area contributed by atoms with Crippen molar-refractivity contribution in [3.05, 3.63) is 23.4 Å². The number of pyridine rings is 1. The Bertz CT molecular complexity index is 474. The van der Waals surface area contributed by atoms with Crippen LogP contribution in [0.3, 0.4) is 0 Å². The number of aliphatic carboxylic acids is 2. The van der Waals surface area contributed by atoms with Crippen molar-refractivity contribution in [1.82, 2.24) is 4.98 Å². The van der Waals surface area contributed by atoms with Crippen molar-refractivity contribution < 1.29 is 24.6 Å². The van der Waals surface area contributed by atoms with Crippen LogP contribution in [-0.4, -0.2) is 39.1 Å². The molecule has 1 rings (SSSR count). The van der Waals surface area contributed by atoms with E-state index in [1.54, 1.807) is 0 Å². The van der Waals surface area contributed by atoms with Crippen LogP contribution in [0.1, 0.15) is 6.92 Å². The Morgan fingerprint density at radius 2 is 1.83 bits per heavy atom. The normalized spacial score (nSPS) is 10.2.